The maximum atomic E-state index is 13.0. The Morgan fingerprint density at radius 3 is 2.77 bits per heavy atom. The van der Waals surface area contributed by atoms with Crippen molar-refractivity contribution in [2.75, 3.05) is 7.11 Å². The summed E-state index contributed by atoms with van der Waals surface area (Å²) >= 11 is 0. The van der Waals surface area contributed by atoms with E-state index in [-0.39, 0.29) is 17.6 Å². The van der Waals surface area contributed by atoms with Crippen molar-refractivity contribution in [3.05, 3.63) is 29.6 Å². The summed E-state index contributed by atoms with van der Waals surface area (Å²) in [7, 11) is 1.45. The van der Waals surface area contributed by atoms with Gasteiger partial charge in [-0.1, -0.05) is 6.07 Å². The lowest BCUT2D eigenvalue weighted by atomic mass is 10.1. The molecule has 0 unspecified atom stereocenters. The SMILES string of the molecule is COc1cc(C[C@@H](C)N)ccc1F. The second kappa shape index (κ2) is 4.23. The van der Waals surface area contributed by atoms with Gasteiger partial charge in [0, 0.05) is 6.04 Å². The van der Waals surface area contributed by atoms with Crippen molar-refractivity contribution >= 4 is 0 Å². The number of methoxy groups -OCH3 is 1. The van der Waals surface area contributed by atoms with E-state index in [1.807, 2.05) is 6.92 Å². The van der Waals surface area contributed by atoms with Gasteiger partial charge in [-0.25, -0.2) is 4.39 Å². The fourth-order valence-electron chi connectivity index (χ4n) is 1.20. The Hall–Kier alpha value is -1.09. The lowest BCUT2D eigenvalue weighted by Crippen LogP contribution is -2.17. The van der Waals surface area contributed by atoms with Crippen LogP contribution < -0.4 is 10.5 Å². The number of ether oxygens (including phenoxy) is 1. The first-order valence-electron chi connectivity index (χ1n) is 4.21. The van der Waals surface area contributed by atoms with Gasteiger partial charge < -0.3 is 10.5 Å². The molecule has 0 amide bonds. The molecule has 1 aromatic rings. The van der Waals surface area contributed by atoms with Crippen LogP contribution in [0.15, 0.2) is 18.2 Å². The lowest BCUT2D eigenvalue weighted by molar-refractivity contribution is 0.386. The van der Waals surface area contributed by atoms with E-state index >= 15 is 0 Å². The molecule has 0 aliphatic heterocycles. The molecule has 72 valence electrons. The minimum absolute atomic E-state index is 0.0789. The third-order valence-electron chi connectivity index (χ3n) is 1.77. The van der Waals surface area contributed by atoms with Crippen LogP contribution in [0.4, 0.5) is 4.39 Å². The molecule has 1 aromatic carbocycles. The van der Waals surface area contributed by atoms with E-state index in [4.69, 9.17) is 10.5 Å². The van der Waals surface area contributed by atoms with E-state index < -0.39 is 0 Å². The fourth-order valence-corrected chi connectivity index (χ4v) is 1.20. The molecule has 1 rings (SSSR count). The van der Waals surface area contributed by atoms with Crippen molar-refractivity contribution in [3.8, 4) is 5.75 Å². The molecule has 0 bridgehead atoms. The number of hydrogen-bond donors (Lipinski definition) is 1. The zero-order valence-corrected chi connectivity index (χ0v) is 7.88. The van der Waals surface area contributed by atoms with E-state index in [1.165, 1.54) is 13.2 Å². The Bertz CT molecular complexity index is 286. The highest BCUT2D eigenvalue weighted by molar-refractivity contribution is 5.30. The topological polar surface area (TPSA) is 35.2 Å². The van der Waals surface area contributed by atoms with E-state index in [0.717, 1.165) is 12.0 Å². The Morgan fingerprint density at radius 2 is 2.23 bits per heavy atom. The molecule has 0 spiro atoms. The van der Waals surface area contributed by atoms with Gasteiger partial charge in [-0.15, -0.1) is 0 Å². The van der Waals surface area contributed by atoms with Gasteiger partial charge in [-0.05, 0) is 31.0 Å². The number of benzene rings is 1. The summed E-state index contributed by atoms with van der Waals surface area (Å²) in [6.07, 6.45) is 0.733. The average Bonchev–Trinajstić information content (AvgIpc) is 2.07. The van der Waals surface area contributed by atoms with Crippen LogP contribution in [-0.2, 0) is 6.42 Å². The smallest absolute Gasteiger partial charge is 0.165 e. The van der Waals surface area contributed by atoms with Crippen LogP contribution in [-0.4, -0.2) is 13.2 Å². The molecule has 0 aliphatic carbocycles. The summed E-state index contributed by atoms with van der Waals surface area (Å²) in [6.45, 7) is 1.91. The Morgan fingerprint density at radius 1 is 1.54 bits per heavy atom. The summed E-state index contributed by atoms with van der Waals surface area (Å²) in [5.41, 5.74) is 6.61. The normalized spacial score (nSPS) is 12.6. The zero-order valence-electron chi connectivity index (χ0n) is 7.88. The summed E-state index contributed by atoms with van der Waals surface area (Å²) < 4.78 is 17.8. The standard InChI is InChI=1S/C10H14FNO/c1-7(12)5-8-3-4-9(11)10(6-8)13-2/h3-4,6-7H,5,12H2,1-2H3/t7-/m1/s1. The van der Waals surface area contributed by atoms with E-state index in [1.54, 1.807) is 12.1 Å². The largest absolute Gasteiger partial charge is 0.494 e. The third-order valence-corrected chi connectivity index (χ3v) is 1.77. The van der Waals surface area contributed by atoms with Crippen LogP contribution >= 0.6 is 0 Å². The Kier molecular flexibility index (Phi) is 3.25. The molecular formula is C10H14FNO. The molecule has 2 N–H and O–H groups in total. The summed E-state index contributed by atoms with van der Waals surface area (Å²) in [5, 5.41) is 0. The molecule has 1 atom stereocenters. The molecular weight excluding hydrogens is 169 g/mol. The van der Waals surface area contributed by atoms with Crippen LogP contribution in [0.5, 0.6) is 5.75 Å². The van der Waals surface area contributed by atoms with Gasteiger partial charge in [-0.3, -0.25) is 0 Å². The quantitative estimate of drug-likeness (QED) is 0.774. The second-order valence-corrected chi connectivity index (χ2v) is 3.15. The molecule has 0 saturated carbocycles. The van der Waals surface area contributed by atoms with Crippen molar-refractivity contribution in [2.45, 2.75) is 19.4 Å². The highest BCUT2D eigenvalue weighted by Gasteiger charge is 2.04. The molecule has 13 heavy (non-hydrogen) atoms. The van der Waals surface area contributed by atoms with Crippen molar-refractivity contribution < 1.29 is 9.13 Å². The van der Waals surface area contributed by atoms with Gasteiger partial charge in [0.05, 0.1) is 7.11 Å². The molecule has 3 heteroatoms. The van der Waals surface area contributed by atoms with Gasteiger partial charge in [-0.2, -0.15) is 0 Å². The maximum Gasteiger partial charge on any atom is 0.165 e. The summed E-state index contributed by atoms with van der Waals surface area (Å²) in [6, 6.07) is 4.88. The zero-order chi connectivity index (χ0) is 9.84. The van der Waals surface area contributed by atoms with E-state index in [9.17, 15) is 4.39 Å². The second-order valence-electron chi connectivity index (χ2n) is 3.15. The molecule has 0 aliphatic rings. The van der Waals surface area contributed by atoms with Crippen LogP contribution in [0.25, 0.3) is 0 Å². The Labute approximate surface area is 77.5 Å². The van der Waals surface area contributed by atoms with Crippen molar-refractivity contribution in [1.82, 2.24) is 0 Å². The van der Waals surface area contributed by atoms with Crippen LogP contribution in [0.2, 0.25) is 0 Å². The lowest BCUT2D eigenvalue weighted by Gasteiger charge is -2.07. The first kappa shape index (κ1) is 9.99. The third kappa shape index (κ3) is 2.70. The molecule has 0 radical (unpaired) electrons. The summed E-state index contributed by atoms with van der Waals surface area (Å²) in [5.74, 6) is -0.0610. The Balaban J connectivity index is 2.86. The van der Waals surface area contributed by atoms with Crippen molar-refractivity contribution in [3.63, 3.8) is 0 Å². The number of halogens is 1. The minimum atomic E-state index is -0.337. The van der Waals surface area contributed by atoms with Gasteiger partial charge in [0.2, 0.25) is 0 Å². The van der Waals surface area contributed by atoms with Crippen LogP contribution in [0.1, 0.15) is 12.5 Å². The highest BCUT2D eigenvalue weighted by Crippen LogP contribution is 2.18. The number of hydrogen-bond acceptors (Lipinski definition) is 2. The van der Waals surface area contributed by atoms with Crippen molar-refractivity contribution in [1.29, 1.82) is 0 Å². The minimum Gasteiger partial charge on any atom is -0.494 e. The van der Waals surface area contributed by atoms with Gasteiger partial charge in [0.15, 0.2) is 11.6 Å². The highest BCUT2D eigenvalue weighted by atomic mass is 19.1. The molecule has 0 aromatic heterocycles. The van der Waals surface area contributed by atoms with Gasteiger partial charge in [0.25, 0.3) is 0 Å². The molecule has 2 nitrogen and oxygen atoms in total. The first-order chi connectivity index (χ1) is 6.13. The fraction of sp³-hybridized carbons (Fsp3) is 0.400. The van der Waals surface area contributed by atoms with Gasteiger partial charge in [0.1, 0.15) is 0 Å². The van der Waals surface area contributed by atoms with Crippen LogP contribution in [0.3, 0.4) is 0 Å². The van der Waals surface area contributed by atoms with E-state index in [0.29, 0.717) is 0 Å². The predicted octanol–water partition coefficient (Wildman–Crippen LogP) is 1.72. The monoisotopic (exact) mass is 183 g/mol. The number of rotatable bonds is 3. The summed E-state index contributed by atoms with van der Waals surface area (Å²) in [4.78, 5) is 0. The predicted molar refractivity (Wildman–Crippen MR) is 50.3 cm³/mol. The van der Waals surface area contributed by atoms with Crippen molar-refractivity contribution in [2.24, 2.45) is 5.73 Å². The van der Waals surface area contributed by atoms with E-state index in [2.05, 4.69) is 0 Å². The van der Waals surface area contributed by atoms with Gasteiger partial charge >= 0.3 is 0 Å². The molecule has 0 fully saturated rings. The number of nitrogens with two attached hydrogens (primary N) is 1. The average molecular weight is 183 g/mol. The molecule has 0 heterocycles. The van der Waals surface area contributed by atoms with Crippen LogP contribution in [0, 0.1) is 5.82 Å². The first-order valence-corrected chi connectivity index (χ1v) is 4.21. The molecule has 0 saturated heterocycles. The maximum absolute atomic E-state index is 13.0.